The van der Waals surface area contributed by atoms with Crippen molar-refractivity contribution in [1.29, 1.82) is 0 Å². The molecular formula is C16H12O3. The number of carboxylic acids is 1. The fourth-order valence-electron chi connectivity index (χ4n) is 2.20. The molecule has 2 aromatic carbocycles. The van der Waals surface area contributed by atoms with Crippen molar-refractivity contribution in [3.05, 3.63) is 59.9 Å². The Morgan fingerprint density at radius 1 is 1.11 bits per heavy atom. The van der Waals surface area contributed by atoms with E-state index >= 15 is 0 Å². The molecule has 0 aliphatic rings. The zero-order valence-corrected chi connectivity index (χ0v) is 10.4. The normalized spacial score (nSPS) is 10.8. The number of aromatic carboxylic acids is 1. The monoisotopic (exact) mass is 252 g/mol. The average Bonchev–Trinajstić information content (AvgIpc) is 2.82. The molecule has 19 heavy (non-hydrogen) atoms. The summed E-state index contributed by atoms with van der Waals surface area (Å²) in [7, 11) is 0. The molecular weight excluding hydrogens is 240 g/mol. The Bertz CT molecular complexity index is 769. The van der Waals surface area contributed by atoms with Crippen LogP contribution in [0.2, 0.25) is 0 Å². The van der Waals surface area contributed by atoms with Crippen LogP contribution in [0.15, 0.2) is 52.9 Å². The number of carbonyl (C=O) groups is 1. The maximum absolute atomic E-state index is 10.9. The van der Waals surface area contributed by atoms with E-state index in [1.807, 2.05) is 49.4 Å². The summed E-state index contributed by atoms with van der Waals surface area (Å²) in [6.07, 6.45) is 0. The lowest BCUT2D eigenvalue weighted by Gasteiger charge is -2.05. The molecule has 0 aliphatic heterocycles. The highest BCUT2D eigenvalue weighted by molar-refractivity contribution is 5.92. The Morgan fingerprint density at radius 2 is 1.89 bits per heavy atom. The number of furan rings is 1. The van der Waals surface area contributed by atoms with Gasteiger partial charge in [0, 0.05) is 5.39 Å². The van der Waals surface area contributed by atoms with Gasteiger partial charge in [0.25, 0.3) is 0 Å². The molecule has 1 aromatic heterocycles. The van der Waals surface area contributed by atoms with Gasteiger partial charge in [0.05, 0.1) is 0 Å². The highest BCUT2D eigenvalue weighted by Crippen LogP contribution is 2.28. The molecule has 0 spiro atoms. The summed E-state index contributed by atoms with van der Waals surface area (Å²) in [5.41, 5.74) is 3.92. The summed E-state index contributed by atoms with van der Waals surface area (Å²) in [5, 5.41) is 9.72. The molecule has 0 fully saturated rings. The van der Waals surface area contributed by atoms with Gasteiger partial charge in [-0.05, 0) is 35.7 Å². The minimum absolute atomic E-state index is 0.0306. The molecule has 1 heterocycles. The summed E-state index contributed by atoms with van der Waals surface area (Å²) < 4.78 is 5.33. The SMILES string of the molecule is Cc1ccccc1-c1ccc2cc(C(=O)O)oc2c1. The molecule has 0 atom stereocenters. The molecule has 0 amide bonds. The largest absolute Gasteiger partial charge is 0.475 e. The van der Waals surface area contributed by atoms with Crippen LogP contribution in [0.1, 0.15) is 16.1 Å². The van der Waals surface area contributed by atoms with Gasteiger partial charge in [-0.25, -0.2) is 4.79 Å². The van der Waals surface area contributed by atoms with Gasteiger partial charge >= 0.3 is 5.97 Å². The lowest BCUT2D eigenvalue weighted by Crippen LogP contribution is -1.91. The molecule has 0 saturated carbocycles. The van der Waals surface area contributed by atoms with E-state index in [2.05, 4.69) is 0 Å². The van der Waals surface area contributed by atoms with Crippen LogP contribution in [0.25, 0.3) is 22.1 Å². The lowest BCUT2D eigenvalue weighted by atomic mass is 10.00. The molecule has 3 nitrogen and oxygen atoms in total. The third-order valence-electron chi connectivity index (χ3n) is 3.19. The van der Waals surface area contributed by atoms with E-state index in [4.69, 9.17) is 9.52 Å². The molecule has 3 rings (SSSR count). The van der Waals surface area contributed by atoms with Gasteiger partial charge in [0.2, 0.25) is 5.76 Å². The Morgan fingerprint density at radius 3 is 2.63 bits per heavy atom. The minimum Gasteiger partial charge on any atom is -0.475 e. The van der Waals surface area contributed by atoms with Crippen LogP contribution in [-0.2, 0) is 0 Å². The molecule has 0 unspecified atom stereocenters. The first-order valence-electron chi connectivity index (χ1n) is 5.98. The van der Waals surface area contributed by atoms with E-state index in [0.717, 1.165) is 16.5 Å². The third kappa shape index (κ3) is 1.99. The fourth-order valence-corrected chi connectivity index (χ4v) is 2.20. The van der Waals surface area contributed by atoms with E-state index in [9.17, 15) is 4.79 Å². The molecule has 0 radical (unpaired) electrons. The summed E-state index contributed by atoms with van der Waals surface area (Å²) in [6.45, 7) is 2.05. The number of aryl methyl sites for hydroxylation is 1. The van der Waals surface area contributed by atoms with E-state index in [1.165, 1.54) is 5.56 Å². The fraction of sp³-hybridized carbons (Fsp3) is 0.0625. The summed E-state index contributed by atoms with van der Waals surface area (Å²) in [6, 6.07) is 15.3. The van der Waals surface area contributed by atoms with E-state index in [0.29, 0.717) is 5.58 Å². The first-order chi connectivity index (χ1) is 9.15. The molecule has 3 heteroatoms. The van der Waals surface area contributed by atoms with E-state index < -0.39 is 5.97 Å². The van der Waals surface area contributed by atoms with Crippen molar-refractivity contribution < 1.29 is 14.3 Å². The second-order valence-corrected chi connectivity index (χ2v) is 4.48. The van der Waals surface area contributed by atoms with Gasteiger partial charge in [-0.1, -0.05) is 36.4 Å². The van der Waals surface area contributed by atoms with Crippen molar-refractivity contribution >= 4 is 16.9 Å². The van der Waals surface area contributed by atoms with Gasteiger partial charge in [0.1, 0.15) is 5.58 Å². The zero-order valence-electron chi connectivity index (χ0n) is 10.4. The Kier molecular flexibility index (Phi) is 2.60. The Labute approximate surface area is 110 Å². The first-order valence-corrected chi connectivity index (χ1v) is 5.98. The molecule has 3 aromatic rings. The summed E-state index contributed by atoms with van der Waals surface area (Å²) in [5.74, 6) is -1.08. The van der Waals surface area contributed by atoms with Crippen molar-refractivity contribution in [3.8, 4) is 11.1 Å². The Hall–Kier alpha value is -2.55. The van der Waals surface area contributed by atoms with E-state index in [1.54, 1.807) is 6.07 Å². The van der Waals surface area contributed by atoms with Crippen molar-refractivity contribution in [2.45, 2.75) is 6.92 Å². The quantitative estimate of drug-likeness (QED) is 0.746. The predicted octanol–water partition coefficient (Wildman–Crippen LogP) is 4.11. The van der Waals surface area contributed by atoms with Gasteiger partial charge < -0.3 is 9.52 Å². The molecule has 0 bridgehead atoms. The number of benzene rings is 2. The van der Waals surface area contributed by atoms with Crippen LogP contribution < -0.4 is 0 Å². The number of hydrogen-bond donors (Lipinski definition) is 1. The van der Waals surface area contributed by atoms with Gasteiger partial charge in [-0.3, -0.25) is 0 Å². The molecule has 0 aliphatic carbocycles. The van der Waals surface area contributed by atoms with E-state index in [-0.39, 0.29) is 5.76 Å². The average molecular weight is 252 g/mol. The number of carboxylic acid groups (broad SMARTS) is 1. The standard InChI is InChI=1S/C16H12O3/c1-10-4-2-3-5-13(10)11-6-7-12-9-15(16(17)18)19-14(12)8-11/h2-9H,1H3,(H,17,18). The number of fused-ring (bicyclic) bond motifs is 1. The second-order valence-electron chi connectivity index (χ2n) is 4.48. The van der Waals surface area contributed by atoms with Gasteiger partial charge in [0.15, 0.2) is 0 Å². The van der Waals surface area contributed by atoms with Crippen LogP contribution in [0.5, 0.6) is 0 Å². The van der Waals surface area contributed by atoms with Crippen molar-refractivity contribution in [2.24, 2.45) is 0 Å². The molecule has 1 N–H and O–H groups in total. The lowest BCUT2D eigenvalue weighted by molar-refractivity contribution is 0.0665. The van der Waals surface area contributed by atoms with Crippen LogP contribution in [0, 0.1) is 6.92 Å². The second kappa shape index (κ2) is 4.28. The van der Waals surface area contributed by atoms with Gasteiger partial charge in [-0.2, -0.15) is 0 Å². The zero-order chi connectivity index (χ0) is 13.4. The van der Waals surface area contributed by atoms with Crippen molar-refractivity contribution in [1.82, 2.24) is 0 Å². The van der Waals surface area contributed by atoms with Crippen LogP contribution in [0.3, 0.4) is 0 Å². The molecule has 0 saturated heterocycles. The highest BCUT2D eigenvalue weighted by Gasteiger charge is 2.11. The number of rotatable bonds is 2. The molecule has 94 valence electrons. The van der Waals surface area contributed by atoms with Gasteiger partial charge in [-0.15, -0.1) is 0 Å². The highest BCUT2D eigenvalue weighted by atomic mass is 16.4. The van der Waals surface area contributed by atoms with Crippen molar-refractivity contribution in [2.75, 3.05) is 0 Å². The predicted molar refractivity (Wildman–Crippen MR) is 73.3 cm³/mol. The first kappa shape index (κ1) is 11.5. The summed E-state index contributed by atoms with van der Waals surface area (Å²) >= 11 is 0. The minimum atomic E-state index is -1.05. The smallest absolute Gasteiger partial charge is 0.371 e. The van der Waals surface area contributed by atoms with Crippen LogP contribution >= 0.6 is 0 Å². The van der Waals surface area contributed by atoms with Crippen LogP contribution in [-0.4, -0.2) is 11.1 Å². The van der Waals surface area contributed by atoms with Crippen molar-refractivity contribution in [3.63, 3.8) is 0 Å². The summed E-state index contributed by atoms with van der Waals surface area (Å²) in [4.78, 5) is 10.9. The maximum Gasteiger partial charge on any atom is 0.371 e. The third-order valence-corrected chi connectivity index (χ3v) is 3.19. The Balaban J connectivity index is 2.16. The van der Waals surface area contributed by atoms with Crippen LogP contribution in [0.4, 0.5) is 0 Å². The number of hydrogen-bond acceptors (Lipinski definition) is 2. The maximum atomic E-state index is 10.9. The topological polar surface area (TPSA) is 50.4 Å².